The van der Waals surface area contributed by atoms with Gasteiger partial charge in [-0.15, -0.1) is 5.11 Å². The van der Waals surface area contributed by atoms with Crippen LogP contribution < -0.4 is 10.7 Å². The number of carbonyl (C=O) groups is 2. The van der Waals surface area contributed by atoms with Crippen LogP contribution in [-0.2, 0) is 12.8 Å². The van der Waals surface area contributed by atoms with Gasteiger partial charge in [-0.25, -0.2) is 5.12 Å². The molecule has 4 rings (SSSR count). The van der Waals surface area contributed by atoms with E-state index in [1.165, 1.54) is 5.56 Å². The van der Waals surface area contributed by atoms with Crippen LogP contribution in [0.1, 0.15) is 78.6 Å². The van der Waals surface area contributed by atoms with Crippen molar-refractivity contribution in [3.05, 3.63) is 76.6 Å². The van der Waals surface area contributed by atoms with Gasteiger partial charge in [0.05, 0.1) is 12.2 Å². The molecule has 1 amide bonds. The van der Waals surface area contributed by atoms with Crippen LogP contribution in [0.4, 0.5) is 0 Å². The van der Waals surface area contributed by atoms with Gasteiger partial charge in [-0.05, 0) is 68.0 Å². The molecule has 2 atom stereocenters. The zero-order valence-corrected chi connectivity index (χ0v) is 24.6. The molecule has 1 aliphatic heterocycles. The number of aryl methyl sites for hydroxylation is 2. The molecule has 2 N–H and O–H groups in total. The number of hydrogen-bond acceptors (Lipinski definition) is 7. The fourth-order valence-corrected chi connectivity index (χ4v) is 5.34. The number of hydrogen-bond donors (Lipinski definition) is 2. The van der Waals surface area contributed by atoms with E-state index in [-0.39, 0.29) is 17.9 Å². The SMILES string of the molecule is CCN[C@@H](CCc1ccc(C(=O)c2c(CC)cc3cc(C(=O)N(CC)CC4N=NN(C)N4)ccn23)cc1)C(C)C. The van der Waals surface area contributed by atoms with Crippen LogP contribution in [0.3, 0.4) is 0 Å². The third kappa shape index (κ3) is 6.59. The highest BCUT2D eigenvalue weighted by atomic mass is 16.2. The lowest BCUT2D eigenvalue weighted by atomic mass is 9.95. The summed E-state index contributed by atoms with van der Waals surface area (Å²) < 4.78 is 1.91. The van der Waals surface area contributed by atoms with Gasteiger partial charge in [0, 0.05) is 42.5 Å². The number of ketones is 1. The maximum Gasteiger partial charge on any atom is 0.254 e. The molecular weight excluding hydrogens is 502 g/mol. The average Bonchev–Trinajstić information content (AvgIpc) is 3.55. The summed E-state index contributed by atoms with van der Waals surface area (Å²) in [5.41, 5.74) is 8.03. The first kappa shape index (κ1) is 29.4. The van der Waals surface area contributed by atoms with Crippen molar-refractivity contribution >= 4 is 17.2 Å². The summed E-state index contributed by atoms with van der Waals surface area (Å²) in [4.78, 5) is 28.8. The predicted molar refractivity (Wildman–Crippen MR) is 158 cm³/mol. The van der Waals surface area contributed by atoms with E-state index < -0.39 is 0 Å². The Kier molecular flexibility index (Phi) is 9.71. The monoisotopic (exact) mass is 545 g/mol. The highest BCUT2D eigenvalue weighted by Crippen LogP contribution is 2.23. The van der Waals surface area contributed by atoms with Gasteiger partial charge in [-0.2, -0.15) is 5.43 Å². The van der Waals surface area contributed by atoms with Crippen LogP contribution in [-0.4, -0.2) is 65.0 Å². The van der Waals surface area contributed by atoms with Crippen LogP contribution in [0.2, 0.25) is 0 Å². The number of nitrogens with zero attached hydrogens (tertiary/aromatic N) is 5. The summed E-state index contributed by atoms with van der Waals surface area (Å²) in [6.45, 7) is 12.6. The molecule has 1 unspecified atom stereocenters. The van der Waals surface area contributed by atoms with E-state index in [1.54, 1.807) is 23.1 Å². The fourth-order valence-electron chi connectivity index (χ4n) is 5.34. The number of pyridine rings is 1. The van der Waals surface area contributed by atoms with Gasteiger partial charge in [0.25, 0.3) is 5.91 Å². The number of aromatic nitrogens is 1. The molecule has 2 aromatic heterocycles. The molecule has 0 fully saturated rings. The zero-order chi connectivity index (χ0) is 28.8. The molecule has 0 radical (unpaired) electrons. The third-order valence-corrected chi connectivity index (χ3v) is 7.65. The molecule has 0 saturated heterocycles. The second-order valence-electron chi connectivity index (χ2n) is 10.8. The van der Waals surface area contributed by atoms with Crippen molar-refractivity contribution in [3.63, 3.8) is 0 Å². The number of carbonyl (C=O) groups excluding carboxylic acids is 2. The number of nitrogens with one attached hydrogen (secondary N) is 2. The minimum absolute atomic E-state index is 0.00726. The molecule has 0 saturated carbocycles. The zero-order valence-electron chi connectivity index (χ0n) is 24.6. The van der Waals surface area contributed by atoms with Gasteiger partial charge in [-0.3, -0.25) is 9.59 Å². The van der Waals surface area contributed by atoms with Crippen molar-refractivity contribution < 1.29 is 9.59 Å². The van der Waals surface area contributed by atoms with Gasteiger partial charge in [0.15, 0.2) is 6.17 Å². The third-order valence-electron chi connectivity index (χ3n) is 7.65. The van der Waals surface area contributed by atoms with E-state index in [0.29, 0.717) is 41.9 Å². The molecule has 0 bridgehead atoms. The molecule has 0 aliphatic carbocycles. The smallest absolute Gasteiger partial charge is 0.254 e. The molecule has 40 heavy (non-hydrogen) atoms. The van der Waals surface area contributed by atoms with Gasteiger partial charge >= 0.3 is 0 Å². The van der Waals surface area contributed by atoms with Crippen LogP contribution in [0, 0.1) is 5.92 Å². The molecule has 9 nitrogen and oxygen atoms in total. The standard InChI is InChI=1S/C31H43N7O2/c1-7-23-18-26-19-25(31(40)37(9-3)20-28-33-35-36(6)34-28)16-17-38(26)29(23)30(39)24-13-10-22(11-14-24)12-15-27(21(4)5)32-8-2/h10-11,13-14,16-19,21,27-28,32,34H,7-9,12,15,20H2,1-6H3/t27-,28?/m0/s1. The first-order valence-corrected chi connectivity index (χ1v) is 14.5. The van der Waals surface area contributed by atoms with Crippen molar-refractivity contribution in [2.75, 3.05) is 26.7 Å². The molecule has 214 valence electrons. The normalized spacial score (nSPS) is 15.8. The summed E-state index contributed by atoms with van der Waals surface area (Å²) in [6, 6.07) is 14.2. The minimum atomic E-state index is -0.266. The second kappa shape index (κ2) is 13.2. The first-order chi connectivity index (χ1) is 19.2. The fraction of sp³-hybridized carbons (Fsp3) is 0.484. The topological polar surface area (TPSA) is 93.8 Å². The van der Waals surface area contributed by atoms with E-state index in [4.69, 9.17) is 0 Å². The Morgan fingerprint density at radius 3 is 2.42 bits per heavy atom. The van der Waals surface area contributed by atoms with Crippen molar-refractivity contribution in [1.29, 1.82) is 0 Å². The summed E-state index contributed by atoms with van der Waals surface area (Å²) in [7, 11) is 1.77. The van der Waals surface area contributed by atoms with Crippen molar-refractivity contribution in [2.24, 2.45) is 16.3 Å². The van der Waals surface area contributed by atoms with Crippen LogP contribution in [0.5, 0.6) is 0 Å². The van der Waals surface area contributed by atoms with E-state index in [2.05, 4.69) is 60.9 Å². The molecule has 3 aromatic rings. The number of likely N-dealkylation sites (N-methyl/N-ethyl adjacent to an activating group) is 1. The van der Waals surface area contributed by atoms with E-state index in [9.17, 15) is 9.59 Å². The number of benzene rings is 1. The van der Waals surface area contributed by atoms with E-state index in [1.807, 2.05) is 41.8 Å². The number of fused-ring (bicyclic) bond motifs is 1. The lowest BCUT2D eigenvalue weighted by Crippen LogP contribution is -2.43. The Morgan fingerprint density at radius 1 is 1.07 bits per heavy atom. The summed E-state index contributed by atoms with van der Waals surface area (Å²) in [6.07, 6.45) is 4.33. The second-order valence-corrected chi connectivity index (χ2v) is 10.8. The van der Waals surface area contributed by atoms with Crippen LogP contribution >= 0.6 is 0 Å². The highest BCUT2D eigenvalue weighted by molar-refractivity contribution is 6.10. The summed E-state index contributed by atoms with van der Waals surface area (Å²) in [5, 5.41) is 13.2. The van der Waals surface area contributed by atoms with E-state index in [0.717, 1.165) is 36.9 Å². The van der Waals surface area contributed by atoms with Crippen molar-refractivity contribution in [1.82, 2.24) is 25.2 Å². The predicted octanol–water partition coefficient (Wildman–Crippen LogP) is 4.90. The molecular formula is C31H43N7O2. The lowest BCUT2D eigenvalue weighted by Gasteiger charge is -2.23. The highest BCUT2D eigenvalue weighted by Gasteiger charge is 2.24. The Balaban J connectivity index is 1.52. The maximum atomic E-state index is 13.7. The van der Waals surface area contributed by atoms with Crippen molar-refractivity contribution in [2.45, 2.75) is 66.1 Å². The molecule has 0 spiro atoms. The van der Waals surface area contributed by atoms with Gasteiger partial charge in [0.1, 0.15) is 0 Å². The first-order valence-electron chi connectivity index (χ1n) is 14.5. The maximum absolute atomic E-state index is 13.7. The largest absolute Gasteiger partial charge is 0.335 e. The Labute approximate surface area is 237 Å². The molecule has 3 heterocycles. The van der Waals surface area contributed by atoms with Gasteiger partial charge in [0.2, 0.25) is 5.78 Å². The Bertz CT molecular complexity index is 1350. The van der Waals surface area contributed by atoms with Gasteiger partial charge in [-0.1, -0.05) is 57.2 Å². The Morgan fingerprint density at radius 2 is 1.82 bits per heavy atom. The average molecular weight is 546 g/mol. The van der Waals surface area contributed by atoms with Gasteiger partial charge < -0.3 is 14.6 Å². The number of amides is 1. The number of rotatable bonds is 13. The molecule has 9 heteroatoms. The lowest BCUT2D eigenvalue weighted by molar-refractivity contribution is 0.0741. The number of hydrazine groups is 1. The quantitative estimate of drug-likeness (QED) is 0.298. The van der Waals surface area contributed by atoms with E-state index >= 15 is 0 Å². The van der Waals surface area contributed by atoms with Crippen LogP contribution in [0.15, 0.2) is 59.0 Å². The molecule has 1 aliphatic rings. The minimum Gasteiger partial charge on any atom is -0.335 e. The van der Waals surface area contributed by atoms with Crippen molar-refractivity contribution in [3.8, 4) is 0 Å². The van der Waals surface area contributed by atoms with Crippen LogP contribution in [0.25, 0.3) is 5.52 Å². The summed E-state index contributed by atoms with van der Waals surface area (Å²) >= 11 is 0. The molecule has 1 aromatic carbocycles. The summed E-state index contributed by atoms with van der Waals surface area (Å²) in [5.74, 6) is 0.495. The Hall–Kier alpha value is -3.56.